The molecular formula is C66H84FN9O18. The molecule has 0 radical (unpaired) electrons. The number of urea groups is 1. The van der Waals surface area contributed by atoms with Gasteiger partial charge in [0.25, 0.3) is 11.5 Å². The molecule has 4 heterocycles. The Morgan fingerprint density at radius 3 is 2.27 bits per heavy atom. The van der Waals surface area contributed by atoms with E-state index in [9.17, 15) is 48.3 Å². The number of nitrogens with one attached hydrogen (secondary N) is 6. The number of anilines is 1. The van der Waals surface area contributed by atoms with E-state index in [-0.39, 0.29) is 113 Å². The molecule has 2 aromatic heterocycles. The maximum Gasteiger partial charge on any atom is 0.509 e. The van der Waals surface area contributed by atoms with Gasteiger partial charge >= 0.3 is 18.2 Å². The number of hydrogen-bond acceptors (Lipinski definition) is 19. The summed E-state index contributed by atoms with van der Waals surface area (Å²) in [6.07, 6.45) is 4.51. The normalized spacial score (nSPS) is 17.5. The van der Waals surface area contributed by atoms with E-state index in [2.05, 4.69) is 43.7 Å². The van der Waals surface area contributed by atoms with E-state index >= 15 is 4.39 Å². The number of aromatic nitrogens is 2. The number of halogens is 1. The van der Waals surface area contributed by atoms with Crippen molar-refractivity contribution in [2.75, 3.05) is 84.5 Å². The highest BCUT2D eigenvalue weighted by molar-refractivity contribution is 5.99. The molecule has 5 atom stereocenters. The first-order valence-corrected chi connectivity index (χ1v) is 31.9. The Bertz CT molecular complexity index is 3540. The van der Waals surface area contributed by atoms with Crippen molar-refractivity contribution in [2.24, 2.45) is 11.7 Å². The fourth-order valence-corrected chi connectivity index (χ4v) is 11.5. The number of benzene rings is 2. The number of carbonyl (C=O) groups is 8. The van der Waals surface area contributed by atoms with E-state index in [1.165, 1.54) is 22.8 Å². The molecular weight excluding hydrogens is 1230 g/mol. The Morgan fingerprint density at radius 2 is 1.55 bits per heavy atom. The minimum absolute atomic E-state index is 0.0294. The lowest BCUT2D eigenvalue weighted by atomic mass is 9.81. The van der Waals surface area contributed by atoms with Crippen molar-refractivity contribution >= 4 is 64.3 Å². The monoisotopic (exact) mass is 1310 g/mol. The van der Waals surface area contributed by atoms with Crippen LogP contribution in [-0.4, -0.2) is 160 Å². The first-order valence-electron chi connectivity index (χ1n) is 31.9. The van der Waals surface area contributed by atoms with E-state index in [1.807, 2.05) is 0 Å². The molecule has 4 aliphatic rings. The van der Waals surface area contributed by atoms with Gasteiger partial charge in [-0.3, -0.25) is 28.8 Å². The number of amides is 7. The number of rotatable bonds is 34. The molecule has 27 nitrogen and oxygen atoms in total. The number of nitrogens with zero attached hydrogens (tertiary/aromatic N) is 2. The first-order chi connectivity index (χ1) is 45.3. The number of esters is 1. The maximum atomic E-state index is 15.4. The summed E-state index contributed by atoms with van der Waals surface area (Å²) in [5.74, 6) is 1.86. The van der Waals surface area contributed by atoms with Crippen LogP contribution < -0.4 is 43.2 Å². The van der Waals surface area contributed by atoms with Crippen LogP contribution in [0, 0.1) is 30.5 Å². The summed E-state index contributed by atoms with van der Waals surface area (Å²) >= 11 is 0. The van der Waals surface area contributed by atoms with Crippen molar-refractivity contribution in [3.63, 3.8) is 0 Å². The molecule has 9 N–H and O–H groups in total. The largest absolute Gasteiger partial charge is 0.509 e. The third-order valence-corrected chi connectivity index (χ3v) is 16.6. The summed E-state index contributed by atoms with van der Waals surface area (Å²) in [6, 6.07) is 5.47. The highest BCUT2D eigenvalue weighted by atomic mass is 19.1. The molecule has 94 heavy (non-hydrogen) atoms. The average Bonchev–Trinajstić information content (AvgIpc) is 1.47. The summed E-state index contributed by atoms with van der Waals surface area (Å²) in [5, 5.41) is 28.4. The zero-order valence-corrected chi connectivity index (χ0v) is 53.5. The van der Waals surface area contributed by atoms with E-state index in [0.29, 0.717) is 103 Å². The molecule has 2 aliphatic heterocycles. The molecule has 2 aromatic carbocycles. The van der Waals surface area contributed by atoms with Gasteiger partial charge in [0.2, 0.25) is 23.6 Å². The van der Waals surface area contributed by atoms with Crippen molar-refractivity contribution in [3.05, 3.63) is 91.5 Å². The van der Waals surface area contributed by atoms with E-state index in [1.54, 1.807) is 45.9 Å². The molecule has 0 spiro atoms. The molecule has 0 saturated heterocycles. The number of pyridine rings is 2. The minimum atomic E-state index is -2.07. The molecule has 8 rings (SSSR count). The van der Waals surface area contributed by atoms with Crippen molar-refractivity contribution in [2.45, 2.75) is 148 Å². The van der Waals surface area contributed by atoms with Gasteiger partial charge < -0.3 is 85.2 Å². The van der Waals surface area contributed by atoms with Gasteiger partial charge in [0.1, 0.15) is 43.8 Å². The molecule has 7 amide bonds. The fourth-order valence-electron chi connectivity index (χ4n) is 11.5. The lowest BCUT2D eigenvalue weighted by molar-refractivity contribution is -0.172. The summed E-state index contributed by atoms with van der Waals surface area (Å²) in [7, 11) is 0. The Hall–Kier alpha value is -8.59. The standard InChI is InChI=1S/C66H84FN9O18/c1-5-66(86)47-32-52-59-45(34-76(52)62(82)46(47)36-92-63(66)83)57-49(20-19-44-40(4)48(67)33-51(73-59)56(44)57)72-55(79)38-94-65(85)93-35-41-15-17-42(18-16-41)71-60(80)50(14-11-22-70-64(68)84)74-61(81)58(39(2)3)75-53(77)21-24-87-26-28-89-30-31-90-29-27-88-25-23-69-54(78)37-91-43-12-9-7-6-8-10-13-43/h15-18,32-33,39,43,49-50,58,86H,5-9,11-12,14,19-31,34-38H2,1-4H3,(H,69,78)(H,71,80)(H,72,79)(H,74,81)(H,75,77)(H3,68,70,84)/t43?,49-,50-,58-,66-/m0/s1. The smallest absolute Gasteiger partial charge is 0.458 e. The first kappa shape index (κ1) is 71.3. The molecule has 4 aromatic rings. The molecule has 0 fully saturated rings. The number of ether oxygens (including phenoxy) is 8. The van der Waals surface area contributed by atoms with Gasteiger partial charge in [0.05, 0.1) is 87.9 Å². The third-order valence-electron chi connectivity index (χ3n) is 16.6. The van der Waals surface area contributed by atoms with Crippen LogP contribution >= 0.6 is 0 Å². The summed E-state index contributed by atoms with van der Waals surface area (Å²) in [4.78, 5) is 122. The van der Waals surface area contributed by atoms with Crippen molar-refractivity contribution in [1.29, 1.82) is 0 Å². The number of aryl methyl sites for hydroxylation is 1. The Kier molecular flexibility index (Phi) is 26.2. The lowest BCUT2D eigenvalue weighted by Gasteiger charge is -2.31. The minimum Gasteiger partial charge on any atom is -0.458 e. The second kappa shape index (κ2) is 34.5. The number of fused-ring (bicyclic) bond motifs is 5. The second-order valence-corrected chi connectivity index (χ2v) is 23.5. The van der Waals surface area contributed by atoms with Crippen LogP contribution in [0.15, 0.2) is 41.2 Å². The van der Waals surface area contributed by atoms with Crippen LogP contribution in [0.3, 0.4) is 0 Å². The molecule has 2 aliphatic carbocycles. The highest BCUT2D eigenvalue weighted by Gasteiger charge is 2.46. The molecule has 0 saturated carbocycles. The maximum absolute atomic E-state index is 15.4. The predicted octanol–water partition coefficient (Wildman–Crippen LogP) is 3.92. The van der Waals surface area contributed by atoms with Crippen LogP contribution in [0.2, 0.25) is 0 Å². The van der Waals surface area contributed by atoms with Gasteiger partial charge in [-0.05, 0) is 105 Å². The van der Waals surface area contributed by atoms with E-state index in [4.69, 9.17) is 48.6 Å². The van der Waals surface area contributed by atoms with E-state index in [0.717, 1.165) is 32.1 Å². The van der Waals surface area contributed by atoms with Gasteiger partial charge in [-0.1, -0.05) is 45.2 Å². The number of primary amides is 1. The molecule has 1 unspecified atom stereocenters. The predicted molar refractivity (Wildman–Crippen MR) is 337 cm³/mol. The van der Waals surface area contributed by atoms with Gasteiger partial charge in [0.15, 0.2) is 12.2 Å². The topological polar surface area (TPSA) is 364 Å². The Morgan fingerprint density at radius 1 is 0.830 bits per heavy atom. The van der Waals surface area contributed by atoms with Crippen LogP contribution in [0.1, 0.15) is 130 Å². The van der Waals surface area contributed by atoms with Crippen LogP contribution in [-0.2, 0) is 98.4 Å². The summed E-state index contributed by atoms with van der Waals surface area (Å²) < 4.78 is 60.4. The third kappa shape index (κ3) is 19.1. The van der Waals surface area contributed by atoms with Crippen LogP contribution in [0.25, 0.3) is 22.3 Å². The van der Waals surface area contributed by atoms with Gasteiger partial charge in [-0.2, -0.15) is 0 Å². The summed E-state index contributed by atoms with van der Waals surface area (Å²) in [5.41, 5.74) is 6.99. The van der Waals surface area contributed by atoms with Crippen molar-refractivity contribution in [3.8, 4) is 23.2 Å². The number of carbonyl (C=O) groups excluding carboxylic acids is 8. The SMILES string of the molecule is CC[C@@]1(O)C(=O)OCc2c1cc1n(c2=O)Cc2c-1nc1cc(F)c(C)c3c1c2[C@@H](NC(=O)COC(=O)OCc1ccc(NC(=O)[C@H](CCCNC(N)=O)NC(=O)[C@@H](NC(=O)CCOCCOCCOCCOCCNC(=O)COC2C#CCCCCC2)C(C)C)cc1)CC3. The molecule has 508 valence electrons. The molecule has 28 heteroatoms. The number of aliphatic hydroxyl groups is 1. The number of hydrogen-bond donors (Lipinski definition) is 8. The zero-order valence-electron chi connectivity index (χ0n) is 53.5. The second-order valence-electron chi connectivity index (χ2n) is 23.5. The van der Waals surface area contributed by atoms with Crippen molar-refractivity contribution in [1.82, 2.24) is 36.1 Å². The lowest BCUT2D eigenvalue weighted by Crippen LogP contribution is -2.54. The number of nitrogens with two attached hydrogens (primary N) is 1. The average molecular weight is 1310 g/mol. The van der Waals surface area contributed by atoms with Crippen LogP contribution in [0.4, 0.5) is 19.7 Å². The van der Waals surface area contributed by atoms with Gasteiger partial charge in [-0.25, -0.2) is 23.8 Å². The van der Waals surface area contributed by atoms with Crippen molar-refractivity contribution < 1.29 is 85.7 Å². The molecule has 0 bridgehead atoms. The number of cyclic esters (lactones) is 1. The zero-order chi connectivity index (χ0) is 67.3. The van der Waals surface area contributed by atoms with Crippen LogP contribution in [0.5, 0.6) is 0 Å². The van der Waals surface area contributed by atoms with E-state index < -0.39 is 83.5 Å². The Labute approximate surface area is 543 Å². The Balaban J connectivity index is 0.736. The highest BCUT2D eigenvalue weighted by Crippen LogP contribution is 2.46. The quantitative estimate of drug-likeness (QED) is 0.0164. The van der Waals surface area contributed by atoms with Gasteiger partial charge in [-0.15, -0.1) is 5.92 Å². The summed E-state index contributed by atoms with van der Waals surface area (Å²) in [6.45, 7) is 8.00. The van der Waals surface area contributed by atoms with Gasteiger partial charge in [0, 0.05) is 54.2 Å². The fraction of sp³-hybridized carbons (Fsp3) is 0.545.